The average molecular weight is 682 g/mol. The van der Waals surface area contributed by atoms with E-state index in [0.717, 1.165) is 66.1 Å². The number of benzene rings is 10. The van der Waals surface area contributed by atoms with Crippen molar-refractivity contribution in [3.05, 3.63) is 182 Å². The van der Waals surface area contributed by atoms with Crippen LogP contribution in [0.2, 0.25) is 0 Å². The van der Waals surface area contributed by atoms with Crippen LogP contribution >= 0.6 is 0 Å². The van der Waals surface area contributed by atoms with Crippen molar-refractivity contribution in [3.63, 3.8) is 0 Å². The predicted molar refractivity (Wildman–Crippen MR) is 223 cm³/mol. The van der Waals surface area contributed by atoms with Crippen LogP contribution in [-0.2, 0) is 0 Å². The Kier molecular flexibility index (Phi) is 4.10. The molecular formula is C52H30O. The van der Waals surface area contributed by atoms with Gasteiger partial charge in [-0.1, -0.05) is 158 Å². The molecule has 10 aromatic rings. The molecule has 0 N–H and O–H groups in total. The van der Waals surface area contributed by atoms with Crippen molar-refractivity contribution in [1.29, 1.82) is 0 Å². The molecule has 0 spiro atoms. The molecule has 53 heavy (non-hydrogen) atoms. The fourth-order valence-electron chi connectivity index (χ4n) is 8.52. The van der Waals surface area contributed by atoms with Crippen molar-refractivity contribution in [3.8, 4) is 78.3 Å². The number of rotatable bonds is 3. The first-order chi connectivity index (χ1) is 30.9. The Bertz CT molecular complexity index is 3820. The zero-order valence-electron chi connectivity index (χ0n) is 38.9. The van der Waals surface area contributed by atoms with Crippen molar-refractivity contribution in [2.24, 2.45) is 0 Å². The van der Waals surface area contributed by atoms with Crippen LogP contribution in [0.5, 0.6) is 11.5 Å². The molecule has 10 aromatic carbocycles. The van der Waals surface area contributed by atoms with Crippen molar-refractivity contribution in [2.75, 3.05) is 0 Å². The Labute approximate surface area is 322 Å². The summed E-state index contributed by atoms with van der Waals surface area (Å²) in [6.45, 7) is 0. The molecule has 1 heteroatoms. The molecule has 0 saturated heterocycles. The molecule has 0 fully saturated rings. The van der Waals surface area contributed by atoms with Gasteiger partial charge in [0.15, 0.2) is 0 Å². The molecule has 0 bridgehead atoms. The van der Waals surface area contributed by atoms with Gasteiger partial charge in [-0.3, -0.25) is 0 Å². The quantitative estimate of drug-likeness (QED) is 0.169. The summed E-state index contributed by atoms with van der Waals surface area (Å²) >= 11 is 0. The highest BCUT2D eigenvalue weighted by Gasteiger charge is 2.30. The molecule has 0 aromatic heterocycles. The Morgan fingerprint density at radius 1 is 0.358 bits per heavy atom. The second-order valence-corrected chi connectivity index (χ2v) is 13.5. The SMILES string of the molecule is [2H]c1c([2H])c(-c2cccc(-c3c4c(c(-c5ccccc5)c5ccccc35)-c3cccc5cccc-4c35)c2)c([2H])c2c1Oc1c([2H])c3c([2H])c([2H])c([2H])c([2H])c3c3c([2H])c([2H])c([2H])c-2c13. The van der Waals surface area contributed by atoms with Crippen molar-refractivity contribution < 1.29 is 19.8 Å². The van der Waals surface area contributed by atoms with Gasteiger partial charge in [-0.05, 0) is 123 Å². The lowest BCUT2D eigenvalue weighted by Gasteiger charge is -2.23. The van der Waals surface area contributed by atoms with Crippen LogP contribution in [-0.4, -0.2) is 0 Å². The summed E-state index contributed by atoms with van der Waals surface area (Å²) in [6, 6.07) is 33.8. The number of fused-ring (bicyclic) bond motifs is 8. The molecule has 244 valence electrons. The molecule has 1 nitrogen and oxygen atoms in total. The summed E-state index contributed by atoms with van der Waals surface area (Å²) in [6.07, 6.45) is 0. The average Bonchev–Trinajstić information content (AvgIpc) is 3.64. The third kappa shape index (κ3) is 4.02. The van der Waals surface area contributed by atoms with Gasteiger partial charge in [0.1, 0.15) is 11.5 Å². The fourth-order valence-corrected chi connectivity index (χ4v) is 8.52. The highest BCUT2D eigenvalue weighted by Crippen LogP contribution is 2.58. The maximum absolute atomic E-state index is 9.85. The number of hydrogen-bond donors (Lipinski definition) is 0. The molecule has 1 heterocycles. The molecular weight excluding hydrogens is 641 g/mol. The smallest absolute Gasteiger partial charge is 0.136 e. The lowest BCUT2D eigenvalue weighted by atomic mass is 9.82. The van der Waals surface area contributed by atoms with Gasteiger partial charge in [-0.15, -0.1) is 0 Å². The van der Waals surface area contributed by atoms with E-state index >= 15 is 0 Å². The van der Waals surface area contributed by atoms with Gasteiger partial charge in [-0.2, -0.15) is 0 Å². The minimum atomic E-state index is -0.592. The molecule has 0 amide bonds. The van der Waals surface area contributed by atoms with Crippen LogP contribution in [0, 0.1) is 0 Å². The van der Waals surface area contributed by atoms with Gasteiger partial charge in [0.2, 0.25) is 0 Å². The van der Waals surface area contributed by atoms with Crippen molar-refractivity contribution >= 4 is 43.1 Å². The fraction of sp³-hybridized carbons (Fsp3) is 0. The highest BCUT2D eigenvalue weighted by molar-refractivity contribution is 6.27. The van der Waals surface area contributed by atoms with E-state index in [1.165, 1.54) is 0 Å². The summed E-state index contributed by atoms with van der Waals surface area (Å²) in [5, 5.41) is 3.80. The van der Waals surface area contributed by atoms with E-state index in [0.29, 0.717) is 5.56 Å². The van der Waals surface area contributed by atoms with E-state index < -0.39 is 54.4 Å². The third-order valence-electron chi connectivity index (χ3n) is 10.7. The Morgan fingerprint density at radius 3 is 1.85 bits per heavy atom. The maximum atomic E-state index is 9.85. The van der Waals surface area contributed by atoms with Gasteiger partial charge in [0.05, 0.1) is 15.1 Å². The minimum Gasteiger partial charge on any atom is -0.456 e. The first-order valence-corrected chi connectivity index (χ1v) is 17.5. The summed E-state index contributed by atoms with van der Waals surface area (Å²) < 4.78 is 106. The first-order valence-electron chi connectivity index (χ1n) is 23.0. The maximum Gasteiger partial charge on any atom is 0.136 e. The molecule has 0 unspecified atom stereocenters. The van der Waals surface area contributed by atoms with Crippen LogP contribution < -0.4 is 4.74 Å². The van der Waals surface area contributed by atoms with Gasteiger partial charge in [0, 0.05) is 10.9 Å². The Hall–Kier alpha value is -6.96. The van der Waals surface area contributed by atoms with Gasteiger partial charge in [-0.25, -0.2) is 0 Å². The van der Waals surface area contributed by atoms with Crippen LogP contribution in [0.15, 0.2) is 182 Å². The Morgan fingerprint density at radius 2 is 1.04 bits per heavy atom. The standard InChI is InChI=1S/C52H30O/c1-2-12-32(13-3-1)48-39-20-6-7-21-40(39)49(52-43-25-10-16-31-15-9-24-42(47(31)43)51(48)52)36-18-8-17-33(28-36)34-26-27-45-44(29-34)41-23-11-22-38-37-19-5-4-14-35(37)30-46(53-45)50(38)41/h1-30H/i4D,5D,11D,14D,19D,22D,23D,26D,27D,29D,30D. The molecule has 0 radical (unpaired) electrons. The molecule has 2 aliphatic rings. The van der Waals surface area contributed by atoms with E-state index in [2.05, 4.69) is 60.7 Å². The topological polar surface area (TPSA) is 9.23 Å². The molecule has 1 aliphatic heterocycles. The molecule has 12 rings (SSSR count). The lowest BCUT2D eigenvalue weighted by Crippen LogP contribution is -1.98. The second kappa shape index (κ2) is 10.8. The van der Waals surface area contributed by atoms with Crippen LogP contribution in [0.4, 0.5) is 0 Å². The van der Waals surface area contributed by atoms with Gasteiger partial charge in [0.25, 0.3) is 0 Å². The van der Waals surface area contributed by atoms with E-state index in [4.69, 9.17) is 13.0 Å². The molecule has 0 saturated carbocycles. The zero-order chi connectivity index (χ0) is 44.2. The summed E-state index contributed by atoms with van der Waals surface area (Å²) in [5.74, 6) is -0.552. The first kappa shape index (κ1) is 20.2. The van der Waals surface area contributed by atoms with E-state index in [-0.39, 0.29) is 61.8 Å². The summed E-state index contributed by atoms with van der Waals surface area (Å²) in [5.41, 5.74) is 8.76. The van der Waals surface area contributed by atoms with E-state index in [1.54, 1.807) is 6.07 Å². The van der Waals surface area contributed by atoms with Gasteiger partial charge >= 0.3 is 0 Å². The predicted octanol–water partition coefficient (Wildman–Crippen LogP) is 14.7. The van der Waals surface area contributed by atoms with Crippen LogP contribution in [0.3, 0.4) is 0 Å². The summed E-state index contributed by atoms with van der Waals surface area (Å²) in [4.78, 5) is 0. The number of ether oxygens (including phenoxy) is 1. The lowest BCUT2D eigenvalue weighted by molar-refractivity contribution is 0.488. The van der Waals surface area contributed by atoms with Crippen molar-refractivity contribution in [1.82, 2.24) is 0 Å². The minimum absolute atomic E-state index is 0.0272. The largest absolute Gasteiger partial charge is 0.456 e. The Balaban J connectivity index is 1.16. The summed E-state index contributed by atoms with van der Waals surface area (Å²) in [7, 11) is 0. The second-order valence-electron chi connectivity index (χ2n) is 13.5. The van der Waals surface area contributed by atoms with Crippen LogP contribution in [0.1, 0.15) is 15.1 Å². The van der Waals surface area contributed by atoms with E-state index in [9.17, 15) is 6.85 Å². The normalized spacial score (nSPS) is 15.2. The number of hydrogen-bond acceptors (Lipinski definition) is 1. The molecule has 1 aliphatic carbocycles. The van der Waals surface area contributed by atoms with Gasteiger partial charge < -0.3 is 4.74 Å². The highest BCUT2D eigenvalue weighted by atomic mass is 16.5. The zero-order valence-corrected chi connectivity index (χ0v) is 27.9. The van der Waals surface area contributed by atoms with Crippen molar-refractivity contribution in [2.45, 2.75) is 0 Å². The molecule has 0 atom stereocenters. The monoisotopic (exact) mass is 681 g/mol. The third-order valence-corrected chi connectivity index (χ3v) is 10.7. The van der Waals surface area contributed by atoms with E-state index in [1.807, 2.05) is 48.5 Å². The van der Waals surface area contributed by atoms with Crippen LogP contribution in [0.25, 0.3) is 110 Å².